The molecule has 0 unspecified atom stereocenters. The number of esters is 2. The Hall–Kier alpha value is -8.25. The zero-order valence-corrected chi connectivity index (χ0v) is 87.8. The molecular formula is C88H231N12O26S7-. The van der Waals surface area contributed by atoms with Crippen molar-refractivity contribution in [3.8, 4) is 0 Å². The molecule has 0 atom stereocenters. The molecule has 0 bridgehead atoms. The van der Waals surface area contributed by atoms with Gasteiger partial charge in [-0.2, -0.15) is 11.8 Å². The van der Waals surface area contributed by atoms with Crippen molar-refractivity contribution in [2.75, 3.05) is 246 Å². The lowest BCUT2D eigenvalue weighted by atomic mass is 10.6. The number of sulfonamides is 4. The number of carbonyl (C=O) groups is 8. The fraction of sp³-hybridized carbons (Fsp3) is 0.659. The number of amides is 4. The van der Waals surface area contributed by atoms with Gasteiger partial charge in [0.25, 0.3) is 0 Å². The van der Waals surface area contributed by atoms with Crippen LogP contribution in [0, 0.1) is 10.8 Å². The summed E-state index contributed by atoms with van der Waals surface area (Å²) < 4.78 is 139. The lowest BCUT2D eigenvalue weighted by Gasteiger charge is -2.09. The number of nitrogens with zero attached hydrogens (tertiary/aromatic N) is 10. The van der Waals surface area contributed by atoms with Gasteiger partial charge in [-0.1, -0.05) is 108 Å². The maximum absolute atomic E-state index is 10.5. The molecule has 0 saturated carbocycles. The van der Waals surface area contributed by atoms with E-state index in [1.807, 2.05) is 66.7 Å². The molecule has 3 N–H and O–H groups in total. The fourth-order valence-corrected chi connectivity index (χ4v) is 2.66. The molecule has 38 nitrogen and oxygen atoms in total. The summed E-state index contributed by atoms with van der Waals surface area (Å²) in [6, 6.07) is 0. The molecular weight excluding hydrogens is 1870 g/mol. The second-order valence-corrected chi connectivity index (χ2v) is 33.3. The number of hydrogen-bond acceptors (Lipinski definition) is 30. The minimum Gasteiger partial charge on any atom is -0.870 e. The van der Waals surface area contributed by atoms with Gasteiger partial charge < -0.3 is 73.0 Å². The van der Waals surface area contributed by atoms with E-state index in [0.717, 1.165) is 53.2 Å². The van der Waals surface area contributed by atoms with Crippen molar-refractivity contribution in [1.29, 1.82) is 10.8 Å². The second kappa shape index (κ2) is 222. The average Bonchev–Trinajstić information content (AvgIpc) is 0.853. The molecule has 133 heavy (non-hydrogen) atoms. The first-order chi connectivity index (χ1) is 52.9. The van der Waals surface area contributed by atoms with Crippen LogP contribution in [0.3, 0.4) is 0 Å². The van der Waals surface area contributed by atoms with Crippen LogP contribution in [0.4, 0.5) is 14.4 Å². The van der Waals surface area contributed by atoms with Crippen molar-refractivity contribution in [3.05, 3.63) is 132 Å². The average molecular weight is 2100 g/mol. The number of sulfone groups is 1. The second-order valence-electron chi connectivity index (χ2n) is 20.1. The van der Waals surface area contributed by atoms with Crippen molar-refractivity contribution < 1.29 is 119 Å². The number of nitrogens with one attached hydrogen (secondary N) is 2. The first kappa shape index (κ1) is 279. The van der Waals surface area contributed by atoms with Crippen molar-refractivity contribution in [1.82, 2.24) is 46.6 Å². The zero-order chi connectivity index (χ0) is 105. The van der Waals surface area contributed by atoms with Gasteiger partial charge in [-0.3, -0.25) is 34.2 Å². The Morgan fingerprint density at radius 2 is 0.368 bits per heavy atom. The minimum absolute atomic E-state index is 0. The number of ether oxygens (including phenoxy) is 6. The van der Waals surface area contributed by atoms with Gasteiger partial charge in [0, 0.05) is 183 Å². The molecule has 0 aliphatic heterocycles. The summed E-state index contributed by atoms with van der Waals surface area (Å²) in [4.78, 5) is 90.2. The highest BCUT2D eigenvalue weighted by Gasteiger charge is 2.20. The minimum atomic E-state index is -3.62. The standard InChI is InChI=1S/2C4H10N2.2C4H9NO2.2C4H9NO.C3H9NO4S2.2C3H9NO2S.C3H9N.C3H6O3.2C3H6O2.C3H6O.C2H6O2S.C2H6OS.C2H6S.10C2H4.14CH4.H2O/c2*1-4(5)6(2)3;2*1-5(2)4(6)7-3;2*1-4(6)5(2)3;1-4(9(2,5)6)10(3,7)8;2*1-4(2)7(3,5)6;1-4(2)3;1-5-3(4)6-2;2*1-3(4)5-2;1-3(2)4;1-5(2,3)4;1-4(2)3;1-3-2;10*1-2;;;;;;;;;;;;;;;/h2*5H,1-3H3;2*1-3H3;2*1-3H3;1-3H3;2*1-3H3;1-3H3;1-2H3;2*1-2H3;1-2H3;1-2H3;1-2H3;1-2H3;10*1-2H2;14*1H4;1H2/p-1. The van der Waals surface area contributed by atoms with Gasteiger partial charge in [0.15, 0.2) is 0 Å². The number of amidine groups is 2. The van der Waals surface area contributed by atoms with E-state index in [-0.39, 0.29) is 151 Å². The highest BCUT2D eigenvalue weighted by Crippen LogP contribution is 1.99. The Kier molecular flexibility index (Phi) is 465. The maximum atomic E-state index is 10.5. The number of hydrogen-bond donors (Lipinski definition) is 2. The highest BCUT2D eigenvalue weighted by molar-refractivity contribution is 8.03. The smallest absolute Gasteiger partial charge is 0.507 e. The molecule has 0 radical (unpaired) electrons. The van der Waals surface area contributed by atoms with E-state index in [2.05, 4.69) is 160 Å². The molecule has 0 heterocycles. The molecule has 0 aromatic heterocycles. The van der Waals surface area contributed by atoms with Crippen LogP contribution in [0.5, 0.6) is 0 Å². The molecule has 4 amide bonds. The monoisotopic (exact) mass is 2100 g/mol. The van der Waals surface area contributed by atoms with Gasteiger partial charge in [0.1, 0.15) is 15.6 Å². The molecule has 0 spiro atoms. The van der Waals surface area contributed by atoms with E-state index >= 15 is 0 Å². The SMILES string of the molecule is C.C.C.C.C.C.C.C.C.C.C.C.C.C.C=C.C=C.C=C.C=C.C=C.C=C.C=C.C=C.C=C.C=C.CC(=N)N(C)C.CC(=N)N(C)C.CC(=O)N(C)C.CC(=O)N(C)C.CC(C)=O.CN(C)C.CN(C)S(C)(=O)=O.CN(C)S(C)(=O)=O.CN(S(C)(=O)=O)S(C)(=O)=O.COC(=O)N(C)C.COC(=O)N(C)C.COC(=O)OC.COC(C)=O.COC(C)=O.CS(C)(=O)=O.CS(C)=O.CSC.[OH-]. The van der Waals surface area contributed by atoms with Gasteiger partial charge in [-0.15, -0.1) is 132 Å². The molecule has 45 heteroatoms. The number of Topliss-reactive ketones (excluding diaryl/α,β-unsaturated/α-hetero) is 1. The Morgan fingerprint density at radius 3 is 0.368 bits per heavy atom. The van der Waals surface area contributed by atoms with Gasteiger partial charge in [-0.05, 0) is 61.3 Å². The van der Waals surface area contributed by atoms with Gasteiger partial charge >= 0.3 is 30.3 Å². The Labute approximate surface area is 839 Å². The maximum Gasteiger partial charge on any atom is 0.507 e. The molecule has 0 fully saturated rings. The third kappa shape index (κ3) is 685. The van der Waals surface area contributed by atoms with E-state index in [1.165, 1.54) is 132 Å². The Morgan fingerprint density at radius 1 is 0.286 bits per heavy atom. The summed E-state index contributed by atoms with van der Waals surface area (Å²) in [6.45, 7) is 72.3. The van der Waals surface area contributed by atoms with Crippen LogP contribution >= 0.6 is 11.8 Å². The van der Waals surface area contributed by atoms with E-state index in [4.69, 9.17) is 10.8 Å². The van der Waals surface area contributed by atoms with Crippen molar-refractivity contribution in [2.45, 2.75) is 159 Å². The lowest BCUT2D eigenvalue weighted by molar-refractivity contribution is -0.138. The first-order valence-electron chi connectivity index (χ1n) is 31.7. The predicted molar refractivity (Wildman–Crippen MR) is 609 cm³/mol. The number of rotatable bonds is 4. The molecule has 0 rings (SSSR count). The number of thioether (sulfide) groups is 1. The normalized spacial score (nSPS) is 7.05. The summed E-state index contributed by atoms with van der Waals surface area (Å²) in [6.07, 6.45) is 12.4. The molecule has 0 aromatic carbocycles. The molecule has 842 valence electrons. The van der Waals surface area contributed by atoms with Gasteiger partial charge in [0.2, 0.25) is 51.9 Å². The third-order valence-corrected chi connectivity index (χ3v) is 13.0. The Balaban J connectivity index is -0.0000000163. The molecule has 0 aliphatic carbocycles. The summed E-state index contributed by atoms with van der Waals surface area (Å²) in [5.41, 5.74) is 0. The zero-order valence-electron chi connectivity index (χ0n) is 82.1. The summed E-state index contributed by atoms with van der Waals surface area (Å²) in [5.74, 6) is 1.05. The summed E-state index contributed by atoms with van der Waals surface area (Å²) in [7, 11) is 25.4. The highest BCUT2D eigenvalue weighted by atomic mass is 32.3. The topological polar surface area (TPSA) is 490 Å². The van der Waals surface area contributed by atoms with Crippen LogP contribution in [0.1, 0.15) is 159 Å². The van der Waals surface area contributed by atoms with E-state index in [1.54, 1.807) is 104 Å². The third-order valence-electron chi connectivity index (χ3n) is 6.85. The number of methoxy groups -OCH3 is 6. The van der Waals surface area contributed by atoms with E-state index < -0.39 is 66.9 Å². The van der Waals surface area contributed by atoms with Crippen LogP contribution in [0.15, 0.2) is 132 Å². The quantitative estimate of drug-likeness (QED) is 0.0868. The number of carbonyl (C=O) groups excluding carboxylic acids is 8. The van der Waals surface area contributed by atoms with Crippen LogP contribution < -0.4 is 0 Å². The predicted octanol–water partition coefficient (Wildman–Crippen LogP) is 18.7. The molecule has 0 aromatic rings. The van der Waals surface area contributed by atoms with Crippen LogP contribution in [-0.2, 0) is 113 Å². The summed E-state index contributed by atoms with van der Waals surface area (Å²) in [5, 5.41) is 13.8. The van der Waals surface area contributed by atoms with Crippen molar-refractivity contribution in [3.63, 3.8) is 0 Å². The van der Waals surface area contributed by atoms with Crippen LogP contribution in [0.25, 0.3) is 0 Å². The first-order valence-corrected chi connectivity index (χ1v) is 45.0. The van der Waals surface area contributed by atoms with E-state index in [0.29, 0.717) is 15.4 Å². The van der Waals surface area contributed by atoms with Gasteiger partial charge in [-0.25, -0.2) is 65.1 Å². The molecule has 0 aliphatic rings. The largest absolute Gasteiger partial charge is 0.870 e. The Bertz CT molecular complexity index is 2590. The summed E-state index contributed by atoms with van der Waals surface area (Å²) >= 11 is 1.75. The van der Waals surface area contributed by atoms with E-state index in [9.17, 15) is 84.7 Å². The van der Waals surface area contributed by atoms with Gasteiger partial charge in [0.05, 0.1) is 79.4 Å². The van der Waals surface area contributed by atoms with Crippen LogP contribution in [-0.4, -0.2) is 404 Å². The lowest BCUT2D eigenvalue weighted by Crippen LogP contribution is -2.31. The molecule has 0 saturated heterocycles. The van der Waals surface area contributed by atoms with Crippen molar-refractivity contribution >= 4 is 132 Å². The van der Waals surface area contributed by atoms with Crippen molar-refractivity contribution in [2.24, 2.45) is 0 Å². The fourth-order valence-electron chi connectivity index (χ4n) is 0.694. The van der Waals surface area contributed by atoms with Crippen LogP contribution in [0.2, 0.25) is 0 Å². The number of ketones is 1.